The van der Waals surface area contributed by atoms with Crippen LogP contribution in [0.15, 0.2) is 28.7 Å². The van der Waals surface area contributed by atoms with Crippen LogP contribution in [0, 0.1) is 4.84 Å². The van der Waals surface area contributed by atoms with Crippen molar-refractivity contribution in [1.29, 1.82) is 0 Å². The third-order valence-electron chi connectivity index (χ3n) is 5.22. The van der Waals surface area contributed by atoms with Crippen molar-refractivity contribution in [3.63, 3.8) is 0 Å². The zero-order valence-electron chi connectivity index (χ0n) is 16.4. The molecule has 27 heavy (non-hydrogen) atoms. The molecule has 1 saturated heterocycles. The monoisotopic (exact) mass is 410 g/mol. The second-order valence-electron chi connectivity index (χ2n) is 8.27. The fraction of sp³-hybridized carbons (Fsp3) is 0.579. The van der Waals surface area contributed by atoms with Crippen molar-refractivity contribution in [2.75, 3.05) is 18.1 Å². The molecular formula is C19H28N3O3S2+. The first-order chi connectivity index (χ1) is 12.6. The van der Waals surface area contributed by atoms with E-state index in [2.05, 4.69) is 44.9 Å². The van der Waals surface area contributed by atoms with Crippen molar-refractivity contribution in [3.8, 4) is 11.5 Å². The Hall–Kier alpha value is -1.51. The van der Waals surface area contributed by atoms with Gasteiger partial charge in [-0.25, -0.2) is 8.42 Å². The lowest BCUT2D eigenvalue weighted by Gasteiger charge is -2.22. The first-order valence-corrected chi connectivity index (χ1v) is 11.6. The van der Waals surface area contributed by atoms with Crippen LogP contribution in [0.2, 0.25) is 0 Å². The summed E-state index contributed by atoms with van der Waals surface area (Å²) in [4.78, 5) is 1.48. The third-order valence-corrected chi connectivity index (χ3v) is 7.28. The van der Waals surface area contributed by atoms with Crippen LogP contribution in [0.1, 0.15) is 39.7 Å². The number of nitrogens with one attached hydrogen (secondary N) is 1. The Morgan fingerprint density at radius 3 is 2.48 bits per heavy atom. The number of quaternary nitrogens is 1. The molecule has 1 aliphatic heterocycles. The summed E-state index contributed by atoms with van der Waals surface area (Å²) in [6.07, 6.45) is 0.692. The largest absolute Gasteiger partial charge is 0.409 e. The number of sulfone groups is 1. The molecule has 1 aromatic carbocycles. The van der Waals surface area contributed by atoms with Gasteiger partial charge in [-0.3, -0.25) is 0 Å². The maximum Gasteiger partial charge on any atom is 0.292 e. The van der Waals surface area contributed by atoms with Gasteiger partial charge in [-0.2, -0.15) is 4.68 Å². The Balaban J connectivity index is 1.79. The zero-order chi connectivity index (χ0) is 19.8. The predicted molar refractivity (Wildman–Crippen MR) is 108 cm³/mol. The lowest BCUT2D eigenvalue weighted by molar-refractivity contribution is -0.943. The van der Waals surface area contributed by atoms with Crippen molar-refractivity contribution in [3.05, 3.63) is 34.7 Å². The number of rotatable bonds is 5. The van der Waals surface area contributed by atoms with Crippen molar-refractivity contribution >= 4 is 22.1 Å². The molecule has 0 spiro atoms. The van der Waals surface area contributed by atoms with Gasteiger partial charge in [0.2, 0.25) is 5.89 Å². The number of hydrogen-bond acceptors (Lipinski definition) is 5. The lowest BCUT2D eigenvalue weighted by atomic mass is 9.87. The Labute approximate surface area is 166 Å². The van der Waals surface area contributed by atoms with Crippen LogP contribution in [-0.2, 0) is 21.9 Å². The number of benzene rings is 1. The second-order valence-corrected chi connectivity index (χ2v) is 10.8. The van der Waals surface area contributed by atoms with Crippen LogP contribution in [-0.4, -0.2) is 42.3 Å². The molecule has 2 heterocycles. The van der Waals surface area contributed by atoms with Crippen molar-refractivity contribution < 1.29 is 17.7 Å². The second kappa shape index (κ2) is 7.48. The number of nitrogens with zero attached hydrogens (tertiary/aromatic N) is 2. The molecule has 1 N–H and O–H groups in total. The minimum absolute atomic E-state index is 0.0881. The van der Waals surface area contributed by atoms with E-state index in [1.807, 2.05) is 12.1 Å². The predicted octanol–water partition coefficient (Wildman–Crippen LogP) is 2.22. The normalized spacial score (nSPS) is 20.7. The molecule has 6 nitrogen and oxygen atoms in total. The maximum atomic E-state index is 11.8. The van der Waals surface area contributed by atoms with E-state index in [0.717, 1.165) is 17.0 Å². The minimum Gasteiger partial charge on any atom is -0.409 e. The van der Waals surface area contributed by atoms with Crippen molar-refractivity contribution in [1.82, 2.24) is 9.78 Å². The Morgan fingerprint density at radius 1 is 1.30 bits per heavy atom. The number of hydrogen-bond donors (Lipinski definition) is 1. The molecule has 0 radical (unpaired) electrons. The molecule has 2 atom stereocenters. The highest BCUT2D eigenvalue weighted by atomic mass is 32.2. The van der Waals surface area contributed by atoms with E-state index in [0.29, 0.717) is 23.8 Å². The van der Waals surface area contributed by atoms with E-state index in [-0.39, 0.29) is 23.0 Å². The summed E-state index contributed by atoms with van der Waals surface area (Å²) in [5.74, 6) is 1.01. The van der Waals surface area contributed by atoms with Crippen LogP contribution in [0.25, 0.3) is 11.5 Å². The Morgan fingerprint density at radius 2 is 1.96 bits per heavy atom. The van der Waals surface area contributed by atoms with E-state index in [1.165, 1.54) is 5.56 Å². The minimum atomic E-state index is -2.91. The summed E-state index contributed by atoms with van der Waals surface area (Å²) in [7, 11) is -2.91. The Bertz CT molecular complexity index is 953. The summed E-state index contributed by atoms with van der Waals surface area (Å²) in [6.45, 7) is 9.90. The average Bonchev–Trinajstić information content (AvgIpc) is 3.14. The van der Waals surface area contributed by atoms with Gasteiger partial charge in [0.15, 0.2) is 16.5 Å². The summed E-state index contributed by atoms with van der Waals surface area (Å²) < 4.78 is 31.0. The van der Waals surface area contributed by atoms with Crippen LogP contribution in [0.4, 0.5) is 0 Å². The van der Waals surface area contributed by atoms with Crippen LogP contribution in [0.5, 0.6) is 0 Å². The van der Waals surface area contributed by atoms with Gasteiger partial charge in [-0.1, -0.05) is 32.9 Å². The molecule has 1 unspecified atom stereocenters. The molecule has 0 amide bonds. The van der Waals surface area contributed by atoms with E-state index in [4.69, 9.17) is 16.6 Å². The SMILES string of the molecule is CC[NH+](Cn1nc(-c2ccc(C(C)(C)C)cc2)oc1=S)[C@H]1CCS(=O)(=O)C1. The Kier molecular flexibility index (Phi) is 5.61. The van der Waals surface area contributed by atoms with E-state index >= 15 is 0 Å². The highest BCUT2D eigenvalue weighted by Crippen LogP contribution is 2.25. The average molecular weight is 411 g/mol. The first kappa shape index (κ1) is 20.2. The lowest BCUT2D eigenvalue weighted by Crippen LogP contribution is -3.15. The highest BCUT2D eigenvalue weighted by molar-refractivity contribution is 7.91. The topological polar surface area (TPSA) is 69.5 Å². The summed E-state index contributed by atoms with van der Waals surface area (Å²) in [5, 5.41) is 4.54. The molecular weight excluding hydrogens is 382 g/mol. The van der Waals surface area contributed by atoms with Gasteiger partial charge < -0.3 is 9.32 Å². The molecule has 148 valence electrons. The van der Waals surface area contributed by atoms with Gasteiger partial charge in [0.1, 0.15) is 11.8 Å². The fourth-order valence-corrected chi connectivity index (χ4v) is 5.48. The molecule has 1 aliphatic rings. The van der Waals surface area contributed by atoms with Crippen LogP contribution >= 0.6 is 12.2 Å². The van der Waals surface area contributed by atoms with Gasteiger partial charge >= 0.3 is 0 Å². The van der Waals surface area contributed by atoms with Gasteiger partial charge in [0, 0.05) is 12.0 Å². The molecule has 0 aliphatic carbocycles. The van der Waals surface area contributed by atoms with Gasteiger partial charge in [0.25, 0.3) is 4.84 Å². The third kappa shape index (κ3) is 4.67. The molecule has 2 aromatic rings. The van der Waals surface area contributed by atoms with E-state index in [1.54, 1.807) is 4.68 Å². The van der Waals surface area contributed by atoms with Gasteiger partial charge in [-0.05, 0) is 42.3 Å². The van der Waals surface area contributed by atoms with Gasteiger partial charge in [0.05, 0.1) is 12.3 Å². The van der Waals surface area contributed by atoms with Crippen LogP contribution < -0.4 is 4.90 Å². The zero-order valence-corrected chi connectivity index (χ0v) is 18.0. The molecule has 1 fully saturated rings. The van der Waals surface area contributed by atoms with Crippen LogP contribution in [0.3, 0.4) is 0 Å². The molecule has 3 rings (SSSR count). The fourth-order valence-electron chi connectivity index (χ4n) is 3.47. The van der Waals surface area contributed by atoms with E-state index in [9.17, 15) is 8.42 Å². The first-order valence-electron chi connectivity index (χ1n) is 9.33. The molecule has 1 aromatic heterocycles. The quantitative estimate of drug-likeness (QED) is 0.766. The summed E-state index contributed by atoms with van der Waals surface area (Å²) in [5.41, 5.74) is 2.22. The summed E-state index contributed by atoms with van der Waals surface area (Å²) in [6, 6.07) is 8.26. The number of aromatic nitrogens is 2. The molecule has 8 heteroatoms. The van der Waals surface area contributed by atoms with Gasteiger partial charge in [-0.15, -0.1) is 5.10 Å². The highest BCUT2D eigenvalue weighted by Gasteiger charge is 2.35. The smallest absolute Gasteiger partial charge is 0.292 e. The maximum absolute atomic E-state index is 11.8. The van der Waals surface area contributed by atoms with E-state index < -0.39 is 9.84 Å². The standard InChI is InChI=1S/C19H27N3O3S2/c1-5-21(16-10-11-27(23,24)12-16)13-22-18(26)25-17(20-22)14-6-8-15(9-7-14)19(2,3)4/h6-9,16H,5,10-13H2,1-4H3/p+1/t16-/m0/s1. The molecule has 0 saturated carbocycles. The van der Waals surface area contributed by atoms with Crippen molar-refractivity contribution in [2.45, 2.75) is 52.2 Å². The summed E-state index contributed by atoms with van der Waals surface area (Å²) >= 11 is 5.35. The van der Waals surface area contributed by atoms with Crippen molar-refractivity contribution in [2.24, 2.45) is 0 Å². The molecule has 0 bridgehead atoms.